The van der Waals surface area contributed by atoms with Gasteiger partial charge in [0.2, 0.25) is 0 Å². The molecule has 162 valence electrons. The summed E-state index contributed by atoms with van der Waals surface area (Å²) in [4.78, 5) is 24.1. The van der Waals surface area contributed by atoms with Gasteiger partial charge in [-0.3, -0.25) is 4.79 Å². The molecular formula is C20H19ClF3NO5. The number of alkyl halides is 3. The molecule has 2 aromatic carbocycles. The highest BCUT2D eigenvalue weighted by atomic mass is 35.5. The van der Waals surface area contributed by atoms with Crippen LogP contribution in [0.1, 0.15) is 29.8 Å². The summed E-state index contributed by atoms with van der Waals surface area (Å²) in [5.74, 6) is -0.884. The predicted octanol–water partition coefficient (Wildman–Crippen LogP) is 4.95. The van der Waals surface area contributed by atoms with E-state index in [1.54, 1.807) is 0 Å². The number of hydrogen-bond donors (Lipinski definition) is 1. The van der Waals surface area contributed by atoms with Gasteiger partial charge >= 0.3 is 12.1 Å². The summed E-state index contributed by atoms with van der Waals surface area (Å²) in [5.41, 5.74) is -1.11. The van der Waals surface area contributed by atoms with E-state index in [0.717, 1.165) is 6.07 Å². The number of hydrogen-bond acceptors (Lipinski definition) is 5. The van der Waals surface area contributed by atoms with E-state index in [2.05, 4.69) is 5.32 Å². The number of rotatable bonds is 7. The average Bonchev–Trinajstić information content (AvgIpc) is 2.66. The van der Waals surface area contributed by atoms with Gasteiger partial charge in [0.25, 0.3) is 5.91 Å². The predicted molar refractivity (Wildman–Crippen MR) is 104 cm³/mol. The van der Waals surface area contributed by atoms with Crippen molar-refractivity contribution in [2.75, 3.05) is 19.0 Å². The van der Waals surface area contributed by atoms with Crippen molar-refractivity contribution >= 4 is 29.2 Å². The van der Waals surface area contributed by atoms with Crippen molar-refractivity contribution in [3.63, 3.8) is 0 Å². The summed E-state index contributed by atoms with van der Waals surface area (Å²) in [6, 6.07) is 7.28. The van der Waals surface area contributed by atoms with Crippen LogP contribution in [0.4, 0.5) is 18.9 Å². The zero-order chi connectivity index (χ0) is 22.5. The first-order valence-corrected chi connectivity index (χ1v) is 9.07. The third kappa shape index (κ3) is 6.28. The maximum absolute atomic E-state index is 12.9. The molecule has 6 nitrogen and oxygen atoms in total. The number of amides is 1. The van der Waals surface area contributed by atoms with Gasteiger partial charge in [-0.15, -0.1) is 0 Å². The Balaban J connectivity index is 2.00. The van der Waals surface area contributed by atoms with Crippen molar-refractivity contribution in [2.45, 2.75) is 26.1 Å². The number of methoxy groups -OCH3 is 1. The van der Waals surface area contributed by atoms with E-state index in [1.165, 1.54) is 31.4 Å². The van der Waals surface area contributed by atoms with Crippen LogP contribution in [-0.4, -0.2) is 31.7 Å². The van der Waals surface area contributed by atoms with E-state index in [9.17, 15) is 22.8 Å². The van der Waals surface area contributed by atoms with Crippen LogP contribution in [0.2, 0.25) is 5.02 Å². The zero-order valence-corrected chi connectivity index (χ0v) is 17.1. The molecule has 0 fully saturated rings. The number of carbonyl (C=O) groups excluding carboxylic acids is 2. The summed E-state index contributed by atoms with van der Waals surface area (Å²) < 4.78 is 54.3. The Morgan fingerprint density at radius 2 is 1.80 bits per heavy atom. The lowest BCUT2D eigenvalue weighted by Crippen LogP contribution is -2.21. The highest BCUT2D eigenvalue weighted by Crippen LogP contribution is 2.36. The van der Waals surface area contributed by atoms with E-state index in [0.29, 0.717) is 17.6 Å². The summed E-state index contributed by atoms with van der Waals surface area (Å²) in [7, 11) is 1.41. The normalized spacial score (nSPS) is 11.2. The van der Waals surface area contributed by atoms with Crippen LogP contribution < -0.4 is 14.8 Å². The van der Waals surface area contributed by atoms with Gasteiger partial charge in [0.1, 0.15) is 0 Å². The number of carbonyl (C=O) groups is 2. The Hall–Kier alpha value is -2.94. The van der Waals surface area contributed by atoms with Gasteiger partial charge in [-0.1, -0.05) is 11.6 Å². The van der Waals surface area contributed by atoms with Crippen LogP contribution in [-0.2, 0) is 15.7 Å². The van der Waals surface area contributed by atoms with E-state index in [1.807, 2.05) is 13.8 Å². The lowest BCUT2D eigenvalue weighted by Gasteiger charge is -2.14. The topological polar surface area (TPSA) is 73.9 Å². The third-order valence-corrected chi connectivity index (χ3v) is 3.98. The quantitative estimate of drug-likeness (QED) is 0.610. The van der Waals surface area contributed by atoms with E-state index in [4.69, 9.17) is 25.8 Å². The van der Waals surface area contributed by atoms with Crippen LogP contribution in [0.3, 0.4) is 0 Å². The molecule has 0 aliphatic heterocycles. The first-order valence-electron chi connectivity index (χ1n) is 8.69. The molecule has 1 amide bonds. The third-order valence-electron chi connectivity index (χ3n) is 3.65. The fourth-order valence-electron chi connectivity index (χ4n) is 2.38. The van der Waals surface area contributed by atoms with Gasteiger partial charge < -0.3 is 19.5 Å². The monoisotopic (exact) mass is 445 g/mol. The molecule has 1 N–H and O–H groups in total. The molecule has 0 radical (unpaired) electrons. The maximum Gasteiger partial charge on any atom is 0.417 e. The lowest BCUT2D eigenvalue weighted by atomic mass is 10.2. The van der Waals surface area contributed by atoms with Crippen molar-refractivity contribution < 1.29 is 37.0 Å². The number of esters is 1. The second-order valence-electron chi connectivity index (χ2n) is 6.35. The van der Waals surface area contributed by atoms with Gasteiger partial charge in [-0.2, -0.15) is 13.2 Å². The molecule has 0 saturated carbocycles. The van der Waals surface area contributed by atoms with Crippen molar-refractivity contribution in [2.24, 2.45) is 0 Å². The highest BCUT2D eigenvalue weighted by molar-refractivity contribution is 6.31. The van der Waals surface area contributed by atoms with Crippen molar-refractivity contribution in [3.05, 3.63) is 52.5 Å². The minimum absolute atomic E-state index is 0.105. The molecule has 0 aliphatic rings. The molecule has 10 heteroatoms. The Morgan fingerprint density at radius 3 is 2.40 bits per heavy atom. The van der Waals surface area contributed by atoms with Gasteiger partial charge in [-0.25, -0.2) is 4.79 Å². The summed E-state index contributed by atoms with van der Waals surface area (Å²) in [6.07, 6.45) is -4.78. The molecule has 0 bridgehead atoms. The van der Waals surface area contributed by atoms with E-state index in [-0.39, 0.29) is 17.4 Å². The van der Waals surface area contributed by atoms with E-state index >= 15 is 0 Å². The van der Waals surface area contributed by atoms with Crippen LogP contribution >= 0.6 is 11.6 Å². The smallest absolute Gasteiger partial charge is 0.417 e. The van der Waals surface area contributed by atoms with Gasteiger partial charge in [-0.05, 0) is 50.2 Å². The van der Waals surface area contributed by atoms with Gasteiger partial charge in [0.15, 0.2) is 18.1 Å². The molecular weight excluding hydrogens is 427 g/mol. The second-order valence-corrected chi connectivity index (χ2v) is 6.76. The van der Waals surface area contributed by atoms with Crippen molar-refractivity contribution in [3.8, 4) is 11.5 Å². The maximum atomic E-state index is 12.9. The van der Waals surface area contributed by atoms with Crippen LogP contribution in [0, 0.1) is 0 Å². The summed E-state index contributed by atoms with van der Waals surface area (Å²) >= 11 is 5.53. The van der Waals surface area contributed by atoms with Gasteiger partial charge in [0, 0.05) is 5.69 Å². The van der Waals surface area contributed by atoms with Gasteiger partial charge in [0.05, 0.1) is 29.4 Å². The number of nitrogens with one attached hydrogen (secondary N) is 1. The Bertz CT molecular complexity index is 931. The second kappa shape index (κ2) is 9.71. The molecule has 0 aliphatic carbocycles. The molecule has 30 heavy (non-hydrogen) atoms. The fourth-order valence-corrected chi connectivity index (χ4v) is 2.60. The Kier molecular flexibility index (Phi) is 7.55. The Labute approximate surface area is 175 Å². The van der Waals surface area contributed by atoms with Crippen LogP contribution in [0.15, 0.2) is 36.4 Å². The molecule has 0 unspecified atom stereocenters. The number of ether oxygens (including phenoxy) is 3. The number of benzene rings is 2. The molecule has 0 heterocycles. The zero-order valence-electron chi connectivity index (χ0n) is 16.3. The number of anilines is 1. The van der Waals surface area contributed by atoms with Crippen molar-refractivity contribution in [1.82, 2.24) is 0 Å². The SMILES string of the molecule is COc1cc(C(=O)OCC(=O)Nc2ccc(Cl)c(C(F)(F)F)c2)ccc1OC(C)C. The lowest BCUT2D eigenvalue weighted by molar-refractivity contribution is -0.137. The van der Waals surface area contributed by atoms with Crippen molar-refractivity contribution in [1.29, 1.82) is 0 Å². The largest absolute Gasteiger partial charge is 0.493 e. The fraction of sp³-hybridized carbons (Fsp3) is 0.300. The molecule has 0 atom stereocenters. The first kappa shape index (κ1) is 23.3. The molecule has 0 spiro atoms. The molecule has 2 aromatic rings. The molecule has 2 rings (SSSR count). The van der Waals surface area contributed by atoms with Crippen LogP contribution in [0.25, 0.3) is 0 Å². The Morgan fingerprint density at radius 1 is 1.10 bits per heavy atom. The summed E-state index contributed by atoms with van der Waals surface area (Å²) in [6.45, 7) is 2.96. The standard InChI is InChI=1S/C20H19ClF3NO5/c1-11(2)30-16-7-4-12(8-17(16)28-3)19(27)29-10-18(26)25-13-5-6-15(21)14(9-13)20(22,23)24/h4-9,11H,10H2,1-3H3,(H,25,26). The van der Waals surface area contributed by atoms with Crippen LogP contribution in [0.5, 0.6) is 11.5 Å². The highest BCUT2D eigenvalue weighted by Gasteiger charge is 2.33. The van der Waals surface area contributed by atoms with E-state index < -0.39 is 35.2 Å². The number of halogens is 4. The average molecular weight is 446 g/mol. The molecule has 0 saturated heterocycles. The minimum Gasteiger partial charge on any atom is -0.493 e. The first-order chi connectivity index (χ1) is 14.0. The minimum atomic E-state index is -4.67. The summed E-state index contributed by atoms with van der Waals surface area (Å²) in [5, 5.41) is 1.73. The molecule has 0 aromatic heterocycles.